The van der Waals surface area contributed by atoms with Gasteiger partial charge in [-0.05, 0) is 37.5 Å². The van der Waals surface area contributed by atoms with E-state index >= 15 is 0 Å². The Balaban J connectivity index is 1.68. The lowest BCUT2D eigenvalue weighted by molar-refractivity contribution is 0.189. The van der Waals surface area contributed by atoms with Crippen molar-refractivity contribution in [3.63, 3.8) is 0 Å². The number of benzene rings is 2. The first kappa shape index (κ1) is 13.8. The second kappa shape index (κ2) is 5.44. The highest BCUT2D eigenvalue weighted by Gasteiger charge is 2.48. The second-order valence-electron chi connectivity index (χ2n) is 6.61. The van der Waals surface area contributed by atoms with Gasteiger partial charge in [0.05, 0.1) is 6.17 Å². The molecule has 2 nitrogen and oxygen atoms in total. The van der Waals surface area contributed by atoms with E-state index in [0.29, 0.717) is 18.1 Å². The molecule has 1 saturated heterocycles. The smallest absolute Gasteiger partial charge is 0.0896 e. The Kier molecular flexibility index (Phi) is 3.42. The first-order chi connectivity index (χ1) is 10.8. The van der Waals surface area contributed by atoms with Crippen molar-refractivity contribution in [2.45, 2.75) is 44.9 Å². The fourth-order valence-corrected chi connectivity index (χ4v) is 4.41. The molecular formula is C20H24N2. The molecule has 0 unspecified atom stereocenters. The lowest BCUT2D eigenvalue weighted by Crippen LogP contribution is -2.45. The minimum Gasteiger partial charge on any atom is -0.355 e. The summed E-state index contributed by atoms with van der Waals surface area (Å²) in [7, 11) is 0. The van der Waals surface area contributed by atoms with E-state index in [2.05, 4.69) is 78.2 Å². The fourth-order valence-electron chi connectivity index (χ4n) is 4.41. The summed E-state index contributed by atoms with van der Waals surface area (Å²) in [4.78, 5) is 5.30. The molecule has 0 bridgehead atoms. The zero-order valence-corrected chi connectivity index (χ0v) is 13.4. The Bertz CT molecular complexity index is 650. The number of nitrogens with zero attached hydrogens (tertiary/aromatic N) is 2. The van der Waals surface area contributed by atoms with Crippen molar-refractivity contribution in [3.05, 3.63) is 65.7 Å². The van der Waals surface area contributed by atoms with Gasteiger partial charge in [0.15, 0.2) is 0 Å². The summed E-state index contributed by atoms with van der Waals surface area (Å²) in [5.41, 5.74) is 4.42. The molecule has 0 radical (unpaired) electrons. The normalized spacial score (nSPS) is 27.0. The van der Waals surface area contributed by atoms with Crippen molar-refractivity contribution in [3.8, 4) is 0 Å². The van der Waals surface area contributed by atoms with E-state index in [1.54, 1.807) is 5.56 Å². The van der Waals surface area contributed by atoms with Crippen LogP contribution in [0.4, 0.5) is 5.69 Å². The number of anilines is 1. The highest BCUT2D eigenvalue weighted by Crippen LogP contribution is 2.49. The molecule has 0 aromatic heterocycles. The Labute approximate surface area is 133 Å². The number of hydrogen-bond donors (Lipinski definition) is 0. The van der Waals surface area contributed by atoms with Crippen LogP contribution < -0.4 is 4.90 Å². The fraction of sp³-hybridized carbons (Fsp3) is 0.400. The van der Waals surface area contributed by atoms with Crippen molar-refractivity contribution in [2.24, 2.45) is 0 Å². The van der Waals surface area contributed by atoms with Crippen LogP contribution in [-0.2, 0) is 6.54 Å². The topological polar surface area (TPSA) is 6.48 Å². The Morgan fingerprint density at radius 2 is 1.73 bits per heavy atom. The molecule has 0 N–H and O–H groups in total. The van der Waals surface area contributed by atoms with Gasteiger partial charge in [0.25, 0.3) is 0 Å². The molecule has 114 valence electrons. The largest absolute Gasteiger partial charge is 0.355 e. The maximum atomic E-state index is 2.70. The van der Waals surface area contributed by atoms with Crippen molar-refractivity contribution in [1.82, 2.24) is 4.90 Å². The summed E-state index contributed by atoms with van der Waals surface area (Å²) in [5, 5.41) is 0. The van der Waals surface area contributed by atoms with E-state index in [1.807, 2.05) is 0 Å². The van der Waals surface area contributed by atoms with Gasteiger partial charge in [-0.2, -0.15) is 0 Å². The zero-order valence-electron chi connectivity index (χ0n) is 13.4. The summed E-state index contributed by atoms with van der Waals surface area (Å²) in [6.45, 7) is 6.80. The van der Waals surface area contributed by atoms with Gasteiger partial charge in [-0.3, -0.25) is 4.90 Å². The molecule has 4 rings (SSSR count). The number of likely N-dealkylation sites (N-methyl/N-ethyl adjacent to an activating group) is 1. The van der Waals surface area contributed by atoms with E-state index in [4.69, 9.17) is 0 Å². The third-order valence-corrected chi connectivity index (χ3v) is 5.37. The molecule has 0 spiro atoms. The highest BCUT2D eigenvalue weighted by molar-refractivity contribution is 5.62. The predicted octanol–water partition coefficient (Wildman–Crippen LogP) is 4.23. The predicted molar refractivity (Wildman–Crippen MR) is 92.1 cm³/mol. The van der Waals surface area contributed by atoms with E-state index in [9.17, 15) is 0 Å². The zero-order chi connectivity index (χ0) is 15.1. The van der Waals surface area contributed by atoms with Gasteiger partial charge in [-0.1, -0.05) is 48.5 Å². The highest BCUT2D eigenvalue weighted by atomic mass is 15.4. The summed E-state index contributed by atoms with van der Waals surface area (Å²) in [5.74, 6) is 0.662. The molecule has 3 atom stereocenters. The van der Waals surface area contributed by atoms with Crippen LogP contribution in [-0.4, -0.2) is 23.7 Å². The average Bonchev–Trinajstić information content (AvgIpc) is 3.03. The molecule has 2 aliphatic heterocycles. The summed E-state index contributed by atoms with van der Waals surface area (Å²) < 4.78 is 0. The molecule has 2 aromatic carbocycles. The lowest BCUT2D eigenvalue weighted by atomic mass is 9.97. The van der Waals surface area contributed by atoms with E-state index in [0.717, 1.165) is 13.1 Å². The second-order valence-corrected chi connectivity index (χ2v) is 6.61. The third kappa shape index (κ3) is 2.05. The van der Waals surface area contributed by atoms with Gasteiger partial charge in [-0.25, -0.2) is 0 Å². The number of fused-ring (bicyclic) bond motifs is 3. The molecule has 2 heterocycles. The minimum absolute atomic E-state index is 0.526. The van der Waals surface area contributed by atoms with Gasteiger partial charge in [0, 0.05) is 30.7 Å². The van der Waals surface area contributed by atoms with Crippen molar-refractivity contribution < 1.29 is 0 Å². The quantitative estimate of drug-likeness (QED) is 0.835. The van der Waals surface area contributed by atoms with Gasteiger partial charge in [0.1, 0.15) is 0 Å². The first-order valence-corrected chi connectivity index (χ1v) is 8.45. The molecule has 22 heavy (non-hydrogen) atoms. The standard InChI is InChI=1S/C20H24N2/c1-3-21-19-12-8-7-11-17(19)18-13-15(2)22(20(18)21)14-16-9-5-4-6-10-16/h4-12,15,18,20H,3,13-14H2,1-2H3/t15-,18+,20+/m0/s1. The molecule has 0 amide bonds. The Morgan fingerprint density at radius 3 is 2.50 bits per heavy atom. The van der Waals surface area contributed by atoms with Crippen LogP contribution in [0, 0.1) is 0 Å². The molecule has 0 aliphatic carbocycles. The van der Waals surface area contributed by atoms with Crippen LogP contribution >= 0.6 is 0 Å². The molecule has 0 saturated carbocycles. The SMILES string of the molecule is CCN1c2ccccc2[C@H]2C[C@H](C)N(Cc3ccccc3)[C@H]21. The van der Waals surface area contributed by atoms with E-state index < -0.39 is 0 Å². The summed E-state index contributed by atoms with van der Waals surface area (Å²) in [6, 6.07) is 20.5. The van der Waals surface area contributed by atoms with Crippen LogP contribution in [0.2, 0.25) is 0 Å². The van der Waals surface area contributed by atoms with E-state index in [1.165, 1.54) is 17.7 Å². The Morgan fingerprint density at radius 1 is 1.00 bits per heavy atom. The number of hydrogen-bond acceptors (Lipinski definition) is 2. The molecule has 2 aliphatic rings. The van der Waals surface area contributed by atoms with Crippen LogP contribution in [0.5, 0.6) is 0 Å². The maximum absolute atomic E-state index is 2.70. The van der Waals surface area contributed by atoms with Crippen LogP contribution in [0.15, 0.2) is 54.6 Å². The minimum atomic E-state index is 0.526. The maximum Gasteiger partial charge on any atom is 0.0896 e. The monoisotopic (exact) mass is 292 g/mol. The van der Waals surface area contributed by atoms with Gasteiger partial charge < -0.3 is 4.90 Å². The van der Waals surface area contributed by atoms with E-state index in [-0.39, 0.29) is 0 Å². The molecule has 2 aromatic rings. The third-order valence-electron chi connectivity index (χ3n) is 5.37. The summed E-state index contributed by atoms with van der Waals surface area (Å²) in [6.07, 6.45) is 1.79. The van der Waals surface area contributed by atoms with Gasteiger partial charge in [-0.15, -0.1) is 0 Å². The van der Waals surface area contributed by atoms with Crippen LogP contribution in [0.25, 0.3) is 0 Å². The van der Waals surface area contributed by atoms with Crippen molar-refractivity contribution in [1.29, 1.82) is 0 Å². The van der Waals surface area contributed by atoms with Crippen LogP contribution in [0.3, 0.4) is 0 Å². The molecule has 2 heteroatoms. The molecular weight excluding hydrogens is 268 g/mol. The summed E-state index contributed by atoms with van der Waals surface area (Å²) >= 11 is 0. The Hall–Kier alpha value is -1.80. The molecule has 1 fully saturated rings. The lowest BCUT2D eigenvalue weighted by Gasteiger charge is -2.35. The van der Waals surface area contributed by atoms with Gasteiger partial charge >= 0.3 is 0 Å². The van der Waals surface area contributed by atoms with Gasteiger partial charge in [0.2, 0.25) is 0 Å². The number of para-hydroxylation sites is 1. The van der Waals surface area contributed by atoms with Crippen molar-refractivity contribution in [2.75, 3.05) is 11.4 Å². The van der Waals surface area contributed by atoms with Crippen LogP contribution in [0.1, 0.15) is 37.3 Å². The number of likely N-dealkylation sites (tertiary alicyclic amines) is 1. The number of rotatable bonds is 3. The van der Waals surface area contributed by atoms with Crippen molar-refractivity contribution >= 4 is 5.69 Å². The average molecular weight is 292 g/mol. The first-order valence-electron chi connectivity index (χ1n) is 8.45.